The molecule has 2 aromatic carbocycles. The highest BCUT2D eigenvalue weighted by atomic mass is 35.5. The molecule has 0 aliphatic carbocycles. The summed E-state index contributed by atoms with van der Waals surface area (Å²) in [5, 5.41) is 6.56. The van der Waals surface area contributed by atoms with E-state index in [0.29, 0.717) is 29.2 Å². The van der Waals surface area contributed by atoms with Gasteiger partial charge in [0.1, 0.15) is 0 Å². The van der Waals surface area contributed by atoms with Gasteiger partial charge in [-0.2, -0.15) is 0 Å². The molecule has 1 unspecified atom stereocenters. The third-order valence-corrected chi connectivity index (χ3v) is 4.57. The number of nitrogens with one attached hydrogen (secondary N) is 2. The number of piperazine rings is 1. The van der Waals surface area contributed by atoms with Gasteiger partial charge in [0.05, 0.1) is 6.04 Å². The number of nitrogens with zero attached hydrogens (tertiary/aromatic N) is 1. The van der Waals surface area contributed by atoms with E-state index in [1.807, 2.05) is 29.2 Å². The van der Waals surface area contributed by atoms with Gasteiger partial charge in [-0.1, -0.05) is 29.8 Å². The highest BCUT2D eigenvalue weighted by molar-refractivity contribution is 6.30. The van der Waals surface area contributed by atoms with Crippen LogP contribution in [0.15, 0.2) is 48.5 Å². The SMILES string of the molecule is CNC(=O)c1cccc(C(=O)N2CCNCC2c2cccc(Cl)c2)c1.Cl. The fourth-order valence-electron chi connectivity index (χ4n) is 3.06. The summed E-state index contributed by atoms with van der Waals surface area (Å²) in [5.74, 6) is -0.293. The number of benzene rings is 2. The van der Waals surface area contributed by atoms with Crippen molar-refractivity contribution in [3.8, 4) is 0 Å². The van der Waals surface area contributed by atoms with Gasteiger partial charge in [-0.25, -0.2) is 0 Å². The lowest BCUT2D eigenvalue weighted by molar-refractivity contribution is 0.0634. The third kappa shape index (κ3) is 4.36. The maximum atomic E-state index is 13.1. The van der Waals surface area contributed by atoms with E-state index < -0.39 is 0 Å². The Bertz CT molecular complexity index is 798. The fourth-order valence-corrected chi connectivity index (χ4v) is 3.26. The highest BCUT2D eigenvalue weighted by Gasteiger charge is 2.29. The van der Waals surface area contributed by atoms with Crippen LogP contribution in [-0.2, 0) is 0 Å². The second-order valence-corrected chi connectivity index (χ2v) is 6.37. The summed E-state index contributed by atoms with van der Waals surface area (Å²) in [4.78, 5) is 26.7. The molecule has 1 atom stereocenters. The van der Waals surface area contributed by atoms with Gasteiger partial charge in [0.2, 0.25) is 0 Å². The van der Waals surface area contributed by atoms with E-state index in [-0.39, 0.29) is 30.3 Å². The summed E-state index contributed by atoms with van der Waals surface area (Å²) in [7, 11) is 1.57. The Labute approximate surface area is 164 Å². The van der Waals surface area contributed by atoms with Crippen LogP contribution in [0.1, 0.15) is 32.3 Å². The van der Waals surface area contributed by atoms with E-state index in [0.717, 1.165) is 12.1 Å². The summed E-state index contributed by atoms with van der Waals surface area (Å²) >= 11 is 6.11. The van der Waals surface area contributed by atoms with Crippen molar-refractivity contribution in [2.75, 3.05) is 26.7 Å². The van der Waals surface area contributed by atoms with Crippen LogP contribution in [0, 0.1) is 0 Å². The normalized spacial score (nSPS) is 16.5. The first-order chi connectivity index (χ1) is 12.1. The molecular weight excluding hydrogens is 373 g/mol. The Morgan fingerprint density at radius 3 is 2.62 bits per heavy atom. The number of hydrogen-bond donors (Lipinski definition) is 2. The predicted molar refractivity (Wildman–Crippen MR) is 105 cm³/mol. The highest BCUT2D eigenvalue weighted by Crippen LogP contribution is 2.26. The quantitative estimate of drug-likeness (QED) is 0.842. The average molecular weight is 394 g/mol. The first-order valence-electron chi connectivity index (χ1n) is 8.19. The summed E-state index contributed by atoms with van der Waals surface area (Å²) < 4.78 is 0. The zero-order chi connectivity index (χ0) is 17.8. The molecule has 1 heterocycles. The largest absolute Gasteiger partial charge is 0.355 e. The summed E-state index contributed by atoms with van der Waals surface area (Å²) in [5.41, 5.74) is 1.98. The molecule has 1 aliphatic heterocycles. The molecule has 7 heteroatoms. The minimum atomic E-state index is -0.207. The first kappa shape index (κ1) is 20.2. The van der Waals surface area contributed by atoms with Crippen molar-refractivity contribution in [2.24, 2.45) is 0 Å². The van der Waals surface area contributed by atoms with Gasteiger partial charge in [0.15, 0.2) is 0 Å². The molecule has 2 N–H and O–H groups in total. The molecule has 0 spiro atoms. The Balaban J connectivity index is 0.00000243. The van der Waals surface area contributed by atoms with E-state index in [1.54, 1.807) is 31.3 Å². The number of hydrogen-bond acceptors (Lipinski definition) is 3. The predicted octanol–water partition coefficient (Wildman–Crippen LogP) is 2.91. The number of rotatable bonds is 3. The van der Waals surface area contributed by atoms with Gasteiger partial charge < -0.3 is 15.5 Å². The molecule has 0 aromatic heterocycles. The van der Waals surface area contributed by atoms with Crippen molar-refractivity contribution < 1.29 is 9.59 Å². The van der Waals surface area contributed by atoms with E-state index in [2.05, 4.69) is 10.6 Å². The zero-order valence-corrected chi connectivity index (χ0v) is 15.9. The molecule has 5 nitrogen and oxygen atoms in total. The second-order valence-electron chi connectivity index (χ2n) is 5.93. The van der Waals surface area contributed by atoms with E-state index in [9.17, 15) is 9.59 Å². The lowest BCUT2D eigenvalue weighted by Gasteiger charge is -2.36. The van der Waals surface area contributed by atoms with Crippen LogP contribution < -0.4 is 10.6 Å². The van der Waals surface area contributed by atoms with Crippen molar-refractivity contribution >= 4 is 35.8 Å². The maximum Gasteiger partial charge on any atom is 0.254 e. The van der Waals surface area contributed by atoms with Crippen LogP contribution in [0.4, 0.5) is 0 Å². The summed E-state index contributed by atoms with van der Waals surface area (Å²) in [6, 6.07) is 14.3. The van der Waals surface area contributed by atoms with Crippen molar-refractivity contribution in [1.29, 1.82) is 0 Å². The molecule has 0 radical (unpaired) electrons. The van der Waals surface area contributed by atoms with Crippen LogP contribution in [0.5, 0.6) is 0 Å². The van der Waals surface area contributed by atoms with Crippen LogP contribution in [0.3, 0.4) is 0 Å². The lowest BCUT2D eigenvalue weighted by atomic mass is 10.0. The number of carbonyl (C=O) groups is 2. The molecular formula is C19H21Cl2N3O2. The topological polar surface area (TPSA) is 61.4 Å². The molecule has 26 heavy (non-hydrogen) atoms. The molecule has 0 bridgehead atoms. The van der Waals surface area contributed by atoms with E-state index >= 15 is 0 Å². The Morgan fingerprint density at radius 2 is 1.88 bits per heavy atom. The summed E-state index contributed by atoms with van der Waals surface area (Å²) in [6.45, 7) is 2.00. The second kappa shape index (κ2) is 9.03. The van der Waals surface area contributed by atoms with Gasteiger partial charge in [0.25, 0.3) is 11.8 Å². The lowest BCUT2D eigenvalue weighted by Crippen LogP contribution is -2.48. The molecule has 0 saturated carbocycles. The Hall–Kier alpha value is -2.08. The minimum Gasteiger partial charge on any atom is -0.355 e. The van der Waals surface area contributed by atoms with Crippen LogP contribution in [0.25, 0.3) is 0 Å². The van der Waals surface area contributed by atoms with Crippen molar-refractivity contribution in [1.82, 2.24) is 15.5 Å². The van der Waals surface area contributed by atoms with Crippen molar-refractivity contribution in [3.05, 3.63) is 70.2 Å². The van der Waals surface area contributed by atoms with E-state index in [4.69, 9.17) is 11.6 Å². The average Bonchev–Trinajstić information content (AvgIpc) is 2.67. The molecule has 1 fully saturated rings. The Kier molecular flexibility index (Phi) is 7.03. The monoisotopic (exact) mass is 393 g/mol. The zero-order valence-electron chi connectivity index (χ0n) is 14.4. The standard InChI is InChI=1S/C19H20ClN3O2.ClH/c1-21-18(24)14-5-2-6-15(10-14)19(25)23-9-8-22-12-17(23)13-4-3-7-16(20)11-13;/h2-7,10-11,17,22H,8-9,12H2,1H3,(H,21,24);1H. The molecule has 1 saturated heterocycles. The van der Waals surface area contributed by atoms with Crippen molar-refractivity contribution in [2.45, 2.75) is 6.04 Å². The number of halogens is 2. The van der Waals surface area contributed by atoms with Gasteiger partial charge in [-0.3, -0.25) is 9.59 Å². The molecule has 2 aromatic rings. The van der Waals surface area contributed by atoms with Crippen LogP contribution in [0.2, 0.25) is 5.02 Å². The smallest absolute Gasteiger partial charge is 0.254 e. The minimum absolute atomic E-state index is 0. The van der Waals surface area contributed by atoms with Crippen LogP contribution in [-0.4, -0.2) is 43.4 Å². The molecule has 1 aliphatic rings. The third-order valence-electron chi connectivity index (χ3n) is 4.34. The maximum absolute atomic E-state index is 13.1. The Morgan fingerprint density at radius 1 is 1.15 bits per heavy atom. The summed E-state index contributed by atoms with van der Waals surface area (Å²) in [6.07, 6.45) is 0. The fraction of sp³-hybridized carbons (Fsp3) is 0.263. The van der Waals surface area contributed by atoms with Crippen LogP contribution >= 0.6 is 24.0 Å². The van der Waals surface area contributed by atoms with Crippen molar-refractivity contribution in [3.63, 3.8) is 0 Å². The number of amides is 2. The van der Waals surface area contributed by atoms with Gasteiger partial charge in [-0.15, -0.1) is 12.4 Å². The number of carbonyl (C=O) groups excluding carboxylic acids is 2. The van der Waals surface area contributed by atoms with Gasteiger partial charge in [0, 0.05) is 42.8 Å². The molecule has 3 rings (SSSR count). The van der Waals surface area contributed by atoms with Gasteiger partial charge >= 0.3 is 0 Å². The van der Waals surface area contributed by atoms with E-state index in [1.165, 1.54) is 0 Å². The first-order valence-corrected chi connectivity index (χ1v) is 8.57. The molecule has 138 valence electrons. The van der Waals surface area contributed by atoms with Gasteiger partial charge in [-0.05, 0) is 35.9 Å². The molecule has 2 amide bonds.